The zero-order chi connectivity index (χ0) is 19.9. The number of benzene rings is 2. The van der Waals surface area contributed by atoms with Gasteiger partial charge in [-0.15, -0.1) is 0 Å². The number of carbonyl (C=O) groups is 1. The molecule has 1 atom stereocenters. The maximum absolute atomic E-state index is 13.8. The van der Waals surface area contributed by atoms with Gasteiger partial charge in [-0.05, 0) is 37.1 Å². The van der Waals surface area contributed by atoms with Crippen LogP contribution in [0.3, 0.4) is 0 Å². The van der Waals surface area contributed by atoms with Gasteiger partial charge in [0.15, 0.2) is 0 Å². The van der Waals surface area contributed by atoms with E-state index in [2.05, 4.69) is 14.1 Å². The van der Waals surface area contributed by atoms with Crippen LogP contribution in [-0.2, 0) is 14.8 Å². The van der Waals surface area contributed by atoms with E-state index in [0.29, 0.717) is 11.9 Å². The minimum absolute atomic E-state index is 0.0320. The van der Waals surface area contributed by atoms with Crippen LogP contribution in [0.1, 0.15) is 12.8 Å². The lowest BCUT2D eigenvalue weighted by Crippen LogP contribution is -2.43. The fourth-order valence-electron chi connectivity index (χ4n) is 3.22. The molecule has 7 nitrogen and oxygen atoms in total. The van der Waals surface area contributed by atoms with Crippen LogP contribution in [0.25, 0.3) is 11.0 Å². The summed E-state index contributed by atoms with van der Waals surface area (Å²) in [4.78, 5) is 12.6. The lowest BCUT2D eigenvalue weighted by molar-refractivity contribution is -0.119. The van der Waals surface area contributed by atoms with E-state index in [1.54, 1.807) is 12.1 Å². The molecule has 0 unspecified atom stereocenters. The molecule has 0 bridgehead atoms. The van der Waals surface area contributed by atoms with E-state index < -0.39 is 33.6 Å². The largest absolute Gasteiger partial charge is 0.322 e. The molecule has 1 aliphatic rings. The van der Waals surface area contributed by atoms with Crippen LogP contribution >= 0.6 is 11.7 Å². The number of hydrogen-bond acceptors (Lipinski definition) is 6. The Morgan fingerprint density at radius 2 is 2.04 bits per heavy atom. The number of aromatic nitrogens is 2. The lowest BCUT2D eigenvalue weighted by Gasteiger charge is -2.23. The lowest BCUT2D eigenvalue weighted by atomic mass is 10.2. The molecular formula is C17H14F2N4O3S2. The number of halogens is 2. The van der Waals surface area contributed by atoms with Gasteiger partial charge >= 0.3 is 0 Å². The number of hydrogen-bond donors (Lipinski definition) is 1. The minimum atomic E-state index is -4.03. The van der Waals surface area contributed by atoms with Crippen molar-refractivity contribution in [1.29, 1.82) is 0 Å². The number of nitrogens with zero attached hydrogens (tertiary/aromatic N) is 3. The van der Waals surface area contributed by atoms with Crippen molar-refractivity contribution in [2.24, 2.45) is 0 Å². The van der Waals surface area contributed by atoms with Crippen molar-refractivity contribution >= 4 is 44.4 Å². The Kier molecular flexibility index (Phi) is 4.81. The Morgan fingerprint density at radius 1 is 1.21 bits per heavy atom. The second-order valence-electron chi connectivity index (χ2n) is 6.28. The number of carbonyl (C=O) groups excluding carboxylic acids is 1. The number of fused-ring (bicyclic) bond motifs is 1. The van der Waals surface area contributed by atoms with Crippen LogP contribution in [0, 0.1) is 11.6 Å². The van der Waals surface area contributed by atoms with E-state index >= 15 is 0 Å². The van der Waals surface area contributed by atoms with Gasteiger partial charge in [-0.1, -0.05) is 6.07 Å². The molecule has 1 aromatic heterocycles. The molecule has 0 aliphatic carbocycles. The second kappa shape index (κ2) is 7.15. The molecule has 2 heterocycles. The number of amides is 1. The SMILES string of the molecule is O=C(Nc1cc(F)ccc1F)[C@@H]1CCCN1S(=O)(=O)c1cccc2nsnc12. The molecule has 4 rings (SSSR count). The molecule has 146 valence electrons. The maximum atomic E-state index is 13.8. The van der Waals surface area contributed by atoms with Gasteiger partial charge in [0.1, 0.15) is 33.6 Å². The quantitative estimate of drug-likeness (QED) is 0.695. The first-order valence-electron chi connectivity index (χ1n) is 8.37. The molecule has 1 saturated heterocycles. The van der Waals surface area contributed by atoms with E-state index in [-0.39, 0.29) is 29.1 Å². The highest BCUT2D eigenvalue weighted by Gasteiger charge is 2.40. The molecule has 0 spiro atoms. The highest BCUT2D eigenvalue weighted by Crippen LogP contribution is 2.30. The molecule has 2 aromatic carbocycles. The van der Waals surface area contributed by atoms with Crippen LogP contribution in [-0.4, -0.2) is 40.0 Å². The second-order valence-corrected chi connectivity index (χ2v) is 8.66. The summed E-state index contributed by atoms with van der Waals surface area (Å²) >= 11 is 0.898. The van der Waals surface area contributed by atoms with E-state index in [4.69, 9.17) is 0 Å². The van der Waals surface area contributed by atoms with Crippen LogP contribution < -0.4 is 5.32 Å². The van der Waals surface area contributed by atoms with E-state index in [1.165, 1.54) is 6.07 Å². The highest BCUT2D eigenvalue weighted by molar-refractivity contribution is 7.89. The molecular weight excluding hydrogens is 410 g/mol. The third-order valence-electron chi connectivity index (χ3n) is 4.53. The van der Waals surface area contributed by atoms with Gasteiger partial charge in [-0.25, -0.2) is 17.2 Å². The van der Waals surface area contributed by atoms with Crippen molar-refractivity contribution < 1.29 is 22.0 Å². The summed E-state index contributed by atoms with van der Waals surface area (Å²) in [6.45, 7) is 0.139. The monoisotopic (exact) mass is 424 g/mol. The smallest absolute Gasteiger partial charge is 0.246 e. The number of nitrogens with one attached hydrogen (secondary N) is 1. The molecule has 1 aliphatic heterocycles. The van der Waals surface area contributed by atoms with Crippen LogP contribution in [0.2, 0.25) is 0 Å². The average Bonchev–Trinajstić information content (AvgIpc) is 3.33. The molecule has 11 heteroatoms. The summed E-state index contributed by atoms with van der Waals surface area (Å²) < 4.78 is 62.7. The Labute approximate surface area is 163 Å². The van der Waals surface area contributed by atoms with Gasteiger partial charge in [-0.3, -0.25) is 4.79 Å². The molecule has 1 amide bonds. The Hall–Kier alpha value is -2.50. The van der Waals surface area contributed by atoms with Gasteiger partial charge in [0.05, 0.1) is 17.4 Å². The van der Waals surface area contributed by atoms with E-state index in [9.17, 15) is 22.0 Å². The first-order valence-corrected chi connectivity index (χ1v) is 10.5. The molecule has 1 N–H and O–H groups in total. The summed E-state index contributed by atoms with van der Waals surface area (Å²) in [6.07, 6.45) is 0.738. The zero-order valence-electron chi connectivity index (χ0n) is 14.3. The van der Waals surface area contributed by atoms with Gasteiger partial charge in [0.2, 0.25) is 15.9 Å². The first kappa shape index (κ1) is 18.8. The molecule has 0 saturated carbocycles. The maximum Gasteiger partial charge on any atom is 0.246 e. The Bertz CT molecular complexity index is 1170. The Morgan fingerprint density at radius 3 is 2.86 bits per heavy atom. The topological polar surface area (TPSA) is 92.3 Å². The summed E-state index contributed by atoms with van der Waals surface area (Å²) in [6, 6.07) is 6.27. The number of sulfonamides is 1. The van der Waals surface area contributed by atoms with Gasteiger partial charge in [0, 0.05) is 12.6 Å². The van der Waals surface area contributed by atoms with Crippen molar-refractivity contribution in [2.75, 3.05) is 11.9 Å². The molecule has 1 fully saturated rings. The van der Waals surface area contributed by atoms with Crippen LogP contribution in [0.4, 0.5) is 14.5 Å². The number of rotatable bonds is 4. The van der Waals surface area contributed by atoms with Gasteiger partial charge in [-0.2, -0.15) is 13.1 Å². The standard InChI is InChI=1S/C17H14F2N4O3S2/c18-10-6-7-11(19)13(9-10)20-17(24)14-4-2-8-23(14)28(25,26)15-5-1-3-12-16(15)22-27-21-12/h1,3,5-7,9,14H,2,4,8H2,(H,20,24)/t14-/m0/s1. The fourth-order valence-corrected chi connectivity index (χ4v) is 5.63. The van der Waals surface area contributed by atoms with E-state index in [1.807, 2.05) is 0 Å². The summed E-state index contributed by atoms with van der Waals surface area (Å²) in [5, 5.41) is 2.29. The number of anilines is 1. The van der Waals surface area contributed by atoms with Crippen LogP contribution in [0.5, 0.6) is 0 Å². The summed E-state index contributed by atoms with van der Waals surface area (Å²) in [5.74, 6) is -2.23. The first-order chi connectivity index (χ1) is 13.4. The molecule has 3 aromatic rings. The van der Waals surface area contributed by atoms with Crippen molar-refractivity contribution in [3.8, 4) is 0 Å². The van der Waals surface area contributed by atoms with Gasteiger partial charge < -0.3 is 5.32 Å². The summed E-state index contributed by atoms with van der Waals surface area (Å²) in [5.41, 5.74) is 0.364. The average molecular weight is 424 g/mol. The van der Waals surface area contributed by atoms with Crippen LogP contribution in [0.15, 0.2) is 41.3 Å². The van der Waals surface area contributed by atoms with E-state index in [0.717, 1.165) is 34.2 Å². The van der Waals surface area contributed by atoms with Gasteiger partial charge in [0.25, 0.3) is 0 Å². The normalized spacial score (nSPS) is 17.9. The van der Waals surface area contributed by atoms with Crippen molar-refractivity contribution in [3.05, 3.63) is 48.0 Å². The zero-order valence-corrected chi connectivity index (χ0v) is 15.9. The van der Waals surface area contributed by atoms with Crippen molar-refractivity contribution in [1.82, 2.24) is 13.1 Å². The Balaban J connectivity index is 1.65. The minimum Gasteiger partial charge on any atom is -0.322 e. The molecule has 28 heavy (non-hydrogen) atoms. The fraction of sp³-hybridized carbons (Fsp3) is 0.235. The van der Waals surface area contributed by atoms with Crippen molar-refractivity contribution in [3.63, 3.8) is 0 Å². The third-order valence-corrected chi connectivity index (χ3v) is 7.01. The predicted octanol–water partition coefficient (Wildman–Crippen LogP) is 2.76. The predicted molar refractivity (Wildman–Crippen MR) is 99.3 cm³/mol. The molecule has 0 radical (unpaired) electrons. The third kappa shape index (κ3) is 3.25. The van der Waals surface area contributed by atoms with Crippen molar-refractivity contribution in [2.45, 2.75) is 23.8 Å². The summed E-state index contributed by atoms with van der Waals surface area (Å²) in [7, 11) is -4.03. The highest BCUT2D eigenvalue weighted by atomic mass is 32.2.